The maximum Gasteiger partial charge on any atom is 0.264 e. The number of aliphatic hydroxyl groups is 1. The molecule has 0 radical (unpaired) electrons. The van der Waals surface area contributed by atoms with Crippen molar-refractivity contribution in [2.24, 2.45) is 5.92 Å². The van der Waals surface area contributed by atoms with E-state index in [1.54, 1.807) is 27.6 Å². The van der Waals surface area contributed by atoms with E-state index >= 15 is 8.90 Å². The molecule has 9 rings (SSSR count). The first kappa shape index (κ1) is 35.2. The number of aryl methyl sites for hydroxylation is 1. The normalized spacial score (nSPS) is 22.3. The number of aliphatic hydroxyl groups excluding tert-OH is 1. The second-order valence-corrected chi connectivity index (χ2v) is 19.3. The van der Waals surface area contributed by atoms with Crippen LogP contribution >= 0.6 is 0 Å². The maximum atomic E-state index is 16.7. The van der Waals surface area contributed by atoms with Crippen LogP contribution in [0.15, 0.2) is 121 Å². The van der Waals surface area contributed by atoms with Crippen molar-refractivity contribution in [3.8, 4) is 0 Å². The van der Waals surface area contributed by atoms with Crippen molar-refractivity contribution >= 4 is 48.1 Å². The molecular formula is C44H42FN5O4Si. The SMILES string of the molecule is C[C@@H]1[C@@H]([Si](C)(C)F)[C@H](CCn2cc(C(CO)c3ccccc3)nn2)O[C@@]12C(=O)N(Cc1ccccc1)c1ccc(N3C(=O)c4cccc5cccc3c45)cc12. The third-order valence-corrected chi connectivity index (χ3v) is 14.3. The number of ether oxygens (including phenoxy) is 1. The molecular weight excluding hydrogens is 710 g/mol. The lowest BCUT2D eigenvalue weighted by Gasteiger charge is -2.31. The van der Waals surface area contributed by atoms with Gasteiger partial charge >= 0.3 is 0 Å². The van der Waals surface area contributed by atoms with E-state index < -0.39 is 31.6 Å². The number of amides is 2. The van der Waals surface area contributed by atoms with Gasteiger partial charge in [0.25, 0.3) is 11.8 Å². The Labute approximate surface area is 320 Å². The van der Waals surface area contributed by atoms with Crippen molar-refractivity contribution in [1.29, 1.82) is 0 Å². The van der Waals surface area contributed by atoms with Crippen molar-refractivity contribution < 1.29 is 23.5 Å². The highest BCUT2D eigenvalue weighted by Crippen LogP contribution is 2.61. The molecule has 0 aliphatic carbocycles. The topological polar surface area (TPSA) is 101 Å². The number of hydrogen-bond acceptors (Lipinski definition) is 6. The standard InChI is InChI=1S/C44H42FN5O4Si/c1-28-41(55(2,3)45)39(22-23-48-26-36(46-47-48)34(27-51)30-14-8-5-9-15-30)54-44(28)35-24-32(20-21-37(35)49(43(44)53)25-29-12-6-4-7-13-29)50-38-19-11-17-31-16-10-18-33(40(31)38)42(50)52/h4-21,24,26,28,34,39,41,51H,22-23,25,27H2,1-3H3/t28-,34?,39+,41-,44+/m1/s1. The molecule has 5 aromatic carbocycles. The number of halogens is 1. The third kappa shape index (κ3) is 5.63. The van der Waals surface area contributed by atoms with E-state index in [-0.39, 0.29) is 24.3 Å². The predicted molar refractivity (Wildman–Crippen MR) is 213 cm³/mol. The van der Waals surface area contributed by atoms with Crippen LogP contribution in [0.5, 0.6) is 0 Å². The molecule has 3 aliphatic rings. The van der Waals surface area contributed by atoms with Gasteiger partial charge in [-0.1, -0.05) is 97.1 Å². The van der Waals surface area contributed by atoms with Crippen molar-refractivity contribution in [3.05, 3.63) is 149 Å². The summed E-state index contributed by atoms with van der Waals surface area (Å²) < 4.78 is 25.5. The van der Waals surface area contributed by atoms with Crippen LogP contribution in [0.4, 0.5) is 21.2 Å². The number of aromatic nitrogens is 3. The van der Waals surface area contributed by atoms with Crippen LogP contribution in [0.2, 0.25) is 18.6 Å². The quantitative estimate of drug-likeness (QED) is 0.112. The van der Waals surface area contributed by atoms with E-state index in [0.29, 0.717) is 47.7 Å². The van der Waals surface area contributed by atoms with Crippen LogP contribution in [0, 0.1) is 5.92 Å². The zero-order valence-electron chi connectivity index (χ0n) is 31.0. The lowest BCUT2D eigenvalue weighted by atomic mass is 9.82. The molecule has 9 nitrogen and oxygen atoms in total. The van der Waals surface area contributed by atoms with Crippen molar-refractivity contribution in [2.75, 3.05) is 16.4 Å². The van der Waals surface area contributed by atoms with Crippen LogP contribution in [-0.4, -0.2) is 53.0 Å². The first-order valence-electron chi connectivity index (χ1n) is 18.9. The number of benzene rings is 5. The summed E-state index contributed by atoms with van der Waals surface area (Å²) in [6.45, 7) is 5.93. The number of carbonyl (C=O) groups is 2. The Kier molecular flexibility index (Phi) is 8.56. The first-order valence-corrected chi connectivity index (χ1v) is 21.8. The largest absolute Gasteiger partial charge is 0.395 e. The highest BCUT2D eigenvalue weighted by molar-refractivity contribution is 6.72. The number of anilines is 3. The minimum atomic E-state index is -3.46. The van der Waals surface area contributed by atoms with Crippen LogP contribution in [0.1, 0.15) is 52.0 Å². The Morgan fingerprint density at radius 1 is 0.909 bits per heavy atom. The van der Waals surface area contributed by atoms with Crippen LogP contribution < -0.4 is 9.80 Å². The van der Waals surface area contributed by atoms with Gasteiger partial charge in [-0.15, -0.1) is 5.10 Å². The van der Waals surface area contributed by atoms with Crippen molar-refractivity contribution in [3.63, 3.8) is 0 Å². The fourth-order valence-electron chi connectivity index (χ4n) is 9.44. The molecule has 278 valence electrons. The third-order valence-electron chi connectivity index (χ3n) is 11.9. The number of fused-ring (bicyclic) bond motifs is 2. The summed E-state index contributed by atoms with van der Waals surface area (Å²) >= 11 is 0. The predicted octanol–water partition coefficient (Wildman–Crippen LogP) is 8.26. The average Bonchev–Trinajstić information content (AvgIpc) is 3.91. The summed E-state index contributed by atoms with van der Waals surface area (Å²) in [7, 11) is -3.46. The zero-order valence-corrected chi connectivity index (χ0v) is 32.0. The molecule has 1 spiro atoms. The molecule has 55 heavy (non-hydrogen) atoms. The summed E-state index contributed by atoms with van der Waals surface area (Å²) in [6, 6.07) is 36.9. The number of carbonyl (C=O) groups excluding carboxylic acids is 2. The van der Waals surface area contributed by atoms with Crippen LogP contribution in [0.3, 0.4) is 0 Å². The minimum absolute atomic E-state index is 0.120. The summed E-state index contributed by atoms with van der Waals surface area (Å²) in [5.41, 5.74) is 3.92. The zero-order chi connectivity index (χ0) is 38.1. The smallest absolute Gasteiger partial charge is 0.264 e. The van der Waals surface area contributed by atoms with E-state index in [0.717, 1.165) is 27.6 Å². The fraction of sp³-hybridized carbons (Fsp3) is 0.273. The Morgan fingerprint density at radius 2 is 1.64 bits per heavy atom. The lowest BCUT2D eigenvalue weighted by molar-refractivity contribution is -0.146. The minimum Gasteiger partial charge on any atom is -0.395 e. The summed E-state index contributed by atoms with van der Waals surface area (Å²) in [5.74, 6) is -1.20. The molecule has 3 aliphatic heterocycles. The van der Waals surface area contributed by atoms with Crippen molar-refractivity contribution in [2.45, 2.75) is 62.7 Å². The summed E-state index contributed by atoms with van der Waals surface area (Å²) in [6.07, 6.45) is 1.63. The van der Waals surface area contributed by atoms with Gasteiger partial charge in [-0.3, -0.25) is 19.2 Å². The summed E-state index contributed by atoms with van der Waals surface area (Å²) in [5, 5.41) is 20.9. The van der Waals surface area contributed by atoms with Gasteiger partial charge in [0.05, 0.1) is 47.8 Å². The van der Waals surface area contributed by atoms with Gasteiger partial charge in [0.1, 0.15) is 0 Å². The molecule has 1 saturated heterocycles. The van der Waals surface area contributed by atoms with Crippen LogP contribution in [-0.2, 0) is 28.2 Å². The molecule has 6 aromatic rings. The second kappa shape index (κ2) is 13.4. The monoisotopic (exact) mass is 751 g/mol. The van der Waals surface area contributed by atoms with E-state index in [9.17, 15) is 9.90 Å². The number of rotatable bonds is 10. The Hall–Kier alpha value is -5.49. The molecule has 1 aromatic heterocycles. The highest BCUT2D eigenvalue weighted by Gasteiger charge is 2.66. The van der Waals surface area contributed by atoms with Gasteiger partial charge in [0, 0.05) is 40.8 Å². The lowest BCUT2D eigenvalue weighted by Crippen LogP contribution is -2.45. The fourth-order valence-corrected chi connectivity index (χ4v) is 12.0. The molecule has 2 amide bonds. The van der Waals surface area contributed by atoms with Gasteiger partial charge in [-0.2, -0.15) is 0 Å². The summed E-state index contributed by atoms with van der Waals surface area (Å²) in [4.78, 5) is 32.7. The Balaban J connectivity index is 1.10. The van der Waals surface area contributed by atoms with E-state index in [2.05, 4.69) is 10.3 Å². The maximum absolute atomic E-state index is 16.7. The average molecular weight is 752 g/mol. The molecule has 5 atom stereocenters. The highest BCUT2D eigenvalue weighted by atomic mass is 28.4. The van der Waals surface area contributed by atoms with E-state index in [4.69, 9.17) is 4.74 Å². The van der Waals surface area contributed by atoms with Crippen LogP contribution in [0.25, 0.3) is 10.8 Å². The molecule has 4 heterocycles. The molecule has 0 bridgehead atoms. The number of nitrogens with zero attached hydrogens (tertiary/aromatic N) is 5. The van der Waals surface area contributed by atoms with Crippen molar-refractivity contribution in [1.82, 2.24) is 15.0 Å². The second-order valence-electron chi connectivity index (χ2n) is 15.5. The molecule has 1 N–H and O–H groups in total. The van der Waals surface area contributed by atoms with Gasteiger partial charge in [0.2, 0.25) is 8.41 Å². The Morgan fingerprint density at radius 3 is 2.36 bits per heavy atom. The number of hydrogen-bond donors (Lipinski definition) is 1. The van der Waals surface area contributed by atoms with Gasteiger partial charge in [0.15, 0.2) is 5.60 Å². The molecule has 1 unspecified atom stereocenters. The van der Waals surface area contributed by atoms with E-state index in [1.807, 2.05) is 128 Å². The molecule has 11 heteroatoms. The van der Waals surface area contributed by atoms with E-state index in [1.165, 1.54) is 0 Å². The molecule has 1 fully saturated rings. The van der Waals surface area contributed by atoms with Gasteiger partial charge in [-0.05, 0) is 66.4 Å². The first-order chi connectivity index (χ1) is 26.6. The van der Waals surface area contributed by atoms with Gasteiger partial charge in [-0.25, -0.2) is 0 Å². The van der Waals surface area contributed by atoms with Gasteiger partial charge < -0.3 is 18.9 Å². The molecule has 0 saturated carbocycles. The Bertz CT molecular complexity index is 2430.